The summed E-state index contributed by atoms with van der Waals surface area (Å²) in [5, 5.41) is 9.45. The number of benzene rings is 1. The summed E-state index contributed by atoms with van der Waals surface area (Å²) < 4.78 is 1.88. The molecule has 1 fully saturated rings. The lowest BCUT2D eigenvalue weighted by Gasteiger charge is -2.29. The highest BCUT2D eigenvalue weighted by Gasteiger charge is 2.21. The normalized spacial score (nSPS) is 17.0. The molecule has 1 saturated heterocycles. The fourth-order valence-electron chi connectivity index (χ4n) is 2.50. The van der Waals surface area contributed by atoms with Crippen LogP contribution >= 0.6 is 0 Å². The number of nitrogens with zero attached hydrogens (tertiary/aromatic N) is 3. The van der Waals surface area contributed by atoms with E-state index in [1.54, 1.807) is 6.33 Å². The lowest BCUT2D eigenvalue weighted by atomic mass is 10.1. The number of carbonyl (C=O) groups is 1. The Morgan fingerprint density at radius 1 is 1.32 bits per heavy atom. The number of hydrogen-bond donors (Lipinski definition) is 1. The van der Waals surface area contributed by atoms with Crippen molar-refractivity contribution in [2.24, 2.45) is 0 Å². The van der Waals surface area contributed by atoms with Crippen LogP contribution in [0.2, 0.25) is 0 Å². The molecule has 0 saturated carbocycles. The summed E-state index contributed by atoms with van der Waals surface area (Å²) in [6, 6.07) is 7.79. The molecule has 3 rings (SSSR count). The molecule has 0 atom stereocenters. The molecule has 2 aromatic rings. The first-order valence-corrected chi connectivity index (χ1v) is 6.60. The molecule has 1 amide bonds. The zero-order valence-electron chi connectivity index (χ0n) is 10.7. The van der Waals surface area contributed by atoms with E-state index >= 15 is 0 Å². The van der Waals surface area contributed by atoms with Crippen molar-refractivity contribution >= 4 is 16.9 Å². The van der Waals surface area contributed by atoms with Crippen molar-refractivity contribution in [3.05, 3.63) is 30.6 Å². The Hall–Kier alpha value is -1.88. The van der Waals surface area contributed by atoms with Crippen molar-refractivity contribution in [2.45, 2.75) is 25.5 Å². The van der Waals surface area contributed by atoms with Crippen LogP contribution in [0.4, 0.5) is 0 Å². The van der Waals surface area contributed by atoms with Gasteiger partial charge in [-0.1, -0.05) is 12.1 Å². The van der Waals surface area contributed by atoms with E-state index in [4.69, 9.17) is 0 Å². The molecule has 5 nitrogen and oxygen atoms in total. The van der Waals surface area contributed by atoms with Crippen LogP contribution < -0.4 is 0 Å². The number of likely N-dealkylation sites (tertiary alicyclic amines) is 1. The summed E-state index contributed by atoms with van der Waals surface area (Å²) in [7, 11) is 0. The number of carbonyl (C=O) groups excluding carboxylic acids is 1. The number of aromatic nitrogens is 2. The molecule has 1 N–H and O–H groups in total. The van der Waals surface area contributed by atoms with Gasteiger partial charge in [-0.15, -0.1) is 0 Å². The van der Waals surface area contributed by atoms with Gasteiger partial charge in [0, 0.05) is 13.1 Å². The molecule has 1 aromatic heterocycles. The van der Waals surface area contributed by atoms with Gasteiger partial charge in [0.15, 0.2) is 0 Å². The van der Waals surface area contributed by atoms with Gasteiger partial charge in [-0.25, -0.2) is 4.98 Å². The van der Waals surface area contributed by atoms with E-state index in [1.165, 1.54) is 0 Å². The molecule has 5 heteroatoms. The molecule has 0 aliphatic carbocycles. The van der Waals surface area contributed by atoms with E-state index in [9.17, 15) is 9.90 Å². The Balaban J connectivity index is 1.72. The predicted molar refractivity (Wildman–Crippen MR) is 71.6 cm³/mol. The average molecular weight is 259 g/mol. The largest absolute Gasteiger partial charge is 0.393 e. The zero-order valence-corrected chi connectivity index (χ0v) is 10.7. The summed E-state index contributed by atoms with van der Waals surface area (Å²) in [4.78, 5) is 18.3. The van der Waals surface area contributed by atoms with E-state index in [-0.39, 0.29) is 12.0 Å². The van der Waals surface area contributed by atoms with Gasteiger partial charge < -0.3 is 14.6 Å². The number of aliphatic hydroxyl groups excluding tert-OH is 1. The van der Waals surface area contributed by atoms with Crippen LogP contribution in [0.15, 0.2) is 30.6 Å². The fourth-order valence-corrected chi connectivity index (χ4v) is 2.50. The molecule has 100 valence electrons. The Bertz CT molecular complexity index is 585. The number of hydrogen-bond acceptors (Lipinski definition) is 3. The minimum Gasteiger partial charge on any atom is -0.393 e. The Kier molecular flexibility index (Phi) is 3.21. The van der Waals surface area contributed by atoms with Gasteiger partial charge in [-0.05, 0) is 25.0 Å². The number of imidazole rings is 1. The Morgan fingerprint density at radius 3 is 2.84 bits per heavy atom. The number of aliphatic hydroxyl groups is 1. The third kappa shape index (κ3) is 2.46. The van der Waals surface area contributed by atoms with Crippen molar-refractivity contribution in [1.29, 1.82) is 0 Å². The second-order valence-corrected chi connectivity index (χ2v) is 4.97. The Morgan fingerprint density at radius 2 is 2.05 bits per heavy atom. The van der Waals surface area contributed by atoms with Crippen LogP contribution in [-0.2, 0) is 11.3 Å². The molecule has 1 aliphatic rings. The summed E-state index contributed by atoms with van der Waals surface area (Å²) in [6.07, 6.45) is 2.81. The second-order valence-electron chi connectivity index (χ2n) is 4.97. The van der Waals surface area contributed by atoms with Crippen molar-refractivity contribution in [2.75, 3.05) is 13.1 Å². The molecule has 0 unspecified atom stereocenters. The number of piperidine rings is 1. The molecule has 2 heterocycles. The monoisotopic (exact) mass is 259 g/mol. The van der Waals surface area contributed by atoms with Gasteiger partial charge in [0.1, 0.15) is 6.54 Å². The van der Waals surface area contributed by atoms with E-state index in [1.807, 2.05) is 33.7 Å². The molecular formula is C14H17N3O2. The van der Waals surface area contributed by atoms with Crippen LogP contribution in [0.5, 0.6) is 0 Å². The number of amides is 1. The van der Waals surface area contributed by atoms with Crippen molar-refractivity contribution in [3.8, 4) is 0 Å². The van der Waals surface area contributed by atoms with Gasteiger partial charge in [0.05, 0.1) is 23.5 Å². The van der Waals surface area contributed by atoms with Crippen LogP contribution in [0.25, 0.3) is 11.0 Å². The van der Waals surface area contributed by atoms with Crippen LogP contribution in [0.3, 0.4) is 0 Å². The molecule has 19 heavy (non-hydrogen) atoms. The molecule has 0 bridgehead atoms. The van der Waals surface area contributed by atoms with Gasteiger partial charge >= 0.3 is 0 Å². The van der Waals surface area contributed by atoms with Crippen molar-refractivity contribution in [1.82, 2.24) is 14.5 Å². The summed E-state index contributed by atoms with van der Waals surface area (Å²) >= 11 is 0. The maximum Gasteiger partial charge on any atom is 0.242 e. The minimum atomic E-state index is -0.252. The molecule has 0 radical (unpaired) electrons. The molecule has 0 spiro atoms. The van der Waals surface area contributed by atoms with Crippen molar-refractivity contribution in [3.63, 3.8) is 0 Å². The lowest BCUT2D eigenvalue weighted by molar-refractivity contribution is -0.133. The zero-order chi connectivity index (χ0) is 13.2. The quantitative estimate of drug-likeness (QED) is 0.876. The van der Waals surface area contributed by atoms with Crippen LogP contribution in [0.1, 0.15) is 12.8 Å². The number of para-hydroxylation sites is 2. The van der Waals surface area contributed by atoms with E-state index in [0.29, 0.717) is 32.5 Å². The average Bonchev–Trinajstić information content (AvgIpc) is 2.83. The van der Waals surface area contributed by atoms with Gasteiger partial charge in [0.25, 0.3) is 0 Å². The van der Waals surface area contributed by atoms with Gasteiger partial charge in [-0.2, -0.15) is 0 Å². The third-order valence-electron chi connectivity index (χ3n) is 3.65. The summed E-state index contributed by atoms with van der Waals surface area (Å²) in [5.41, 5.74) is 1.89. The van der Waals surface area contributed by atoms with E-state index in [2.05, 4.69) is 4.98 Å². The minimum absolute atomic E-state index is 0.0926. The highest BCUT2D eigenvalue weighted by atomic mass is 16.3. The third-order valence-corrected chi connectivity index (χ3v) is 3.65. The lowest BCUT2D eigenvalue weighted by Crippen LogP contribution is -2.41. The standard InChI is InChI=1S/C14H17N3O2/c18-11-5-7-16(8-6-11)14(19)9-17-10-15-12-3-1-2-4-13(12)17/h1-4,10-11,18H,5-9H2. The maximum absolute atomic E-state index is 12.2. The maximum atomic E-state index is 12.2. The van der Waals surface area contributed by atoms with Crippen LogP contribution in [0, 0.1) is 0 Å². The predicted octanol–water partition coefficient (Wildman–Crippen LogP) is 1.02. The van der Waals surface area contributed by atoms with E-state index < -0.39 is 0 Å². The topological polar surface area (TPSA) is 58.4 Å². The summed E-state index contributed by atoms with van der Waals surface area (Å²) in [6.45, 7) is 1.61. The number of fused-ring (bicyclic) bond motifs is 1. The highest BCUT2D eigenvalue weighted by Crippen LogP contribution is 2.14. The first-order chi connectivity index (χ1) is 9.24. The van der Waals surface area contributed by atoms with Gasteiger partial charge in [0.2, 0.25) is 5.91 Å². The first kappa shape index (κ1) is 12.2. The van der Waals surface area contributed by atoms with Gasteiger partial charge in [-0.3, -0.25) is 4.79 Å². The molecule has 1 aromatic carbocycles. The summed E-state index contributed by atoms with van der Waals surface area (Å²) in [5.74, 6) is 0.0926. The SMILES string of the molecule is O=C(Cn1cnc2ccccc21)N1CCC(O)CC1. The second kappa shape index (κ2) is 5.01. The number of rotatable bonds is 2. The highest BCUT2D eigenvalue weighted by molar-refractivity contribution is 5.80. The van der Waals surface area contributed by atoms with E-state index in [0.717, 1.165) is 11.0 Å². The smallest absolute Gasteiger partial charge is 0.242 e. The fraction of sp³-hybridized carbons (Fsp3) is 0.429. The Labute approximate surface area is 111 Å². The van der Waals surface area contributed by atoms with Crippen LogP contribution in [-0.4, -0.2) is 44.7 Å². The van der Waals surface area contributed by atoms with Crippen molar-refractivity contribution < 1.29 is 9.90 Å². The first-order valence-electron chi connectivity index (χ1n) is 6.60. The molecular weight excluding hydrogens is 242 g/mol. The molecule has 1 aliphatic heterocycles.